The molecule has 0 aromatic heterocycles. The fourth-order valence-electron chi connectivity index (χ4n) is 3.96. The molecular formula is C32H48. The molecule has 0 amide bonds. The Bertz CT molecular complexity index is 813. The predicted molar refractivity (Wildman–Crippen MR) is 144 cm³/mol. The van der Waals surface area contributed by atoms with Crippen molar-refractivity contribution >= 4 is 0 Å². The molecule has 0 aliphatic rings. The maximum Gasteiger partial charge on any atom is -0.00663 e. The molecule has 2 aromatic rings. The Morgan fingerprint density at radius 1 is 0.469 bits per heavy atom. The minimum Gasteiger partial charge on any atom is -0.0992 e. The molecule has 0 saturated carbocycles. The van der Waals surface area contributed by atoms with Gasteiger partial charge in [0.05, 0.1) is 0 Å². The Kier molecular flexibility index (Phi) is 7.31. The lowest BCUT2D eigenvalue weighted by atomic mass is 9.78. The van der Waals surface area contributed by atoms with E-state index in [0.29, 0.717) is 0 Å². The molecule has 176 valence electrons. The van der Waals surface area contributed by atoms with E-state index in [2.05, 4.69) is 126 Å². The molecule has 0 radical (unpaired) electrons. The Labute approximate surface area is 199 Å². The largest absolute Gasteiger partial charge is 0.0992 e. The van der Waals surface area contributed by atoms with Crippen LogP contribution < -0.4 is 0 Å². The Morgan fingerprint density at radius 3 is 0.875 bits per heavy atom. The number of allylic oxidation sites excluding steroid dienone is 1. The molecule has 0 heterocycles. The summed E-state index contributed by atoms with van der Waals surface area (Å²) < 4.78 is 0. The molecule has 0 N–H and O–H groups in total. The molecule has 0 atom stereocenters. The zero-order chi connectivity index (χ0) is 24.7. The van der Waals surface area contributed by atoms with Crippen LogP contribution in [0.15, 0.2) is 48.6 Å². The van der Waals surface area contributed by atoms with Crippen molar-refractivity contribution in [2.75, 3.05) is 0 Å². The minimum atomic E-state index is 0.139. The molecule has 0 aliphatic carbocycles. The van der Waals surface area contributed by atoms with Gasteiger partial charge in [0.2, 0.25) is 0 Å². The fraction of sp³-hybridized carbons (Fsp3) is 0.562. The van der Waals surface area contributed by atoms with E-state index in [1.165, 1.54) is 39.0 Å². The highest BCUT2D eigenvalue weighted by atomic mass is 14.3. The van der Waals surface area contributed by atoms with Gasteiger partial charge in [-0.15, -0.1) is 0 Å². The van der Waals surface area contributed by atoms with Gasteiger partial charge >= 0.3 is 0 Å². The Balaban J connectivity index is 2.39. The van der Waals surface area contributed by atoms with E-state index in [-0.39, 0.29) is 21.7 Å². The van der Waals surface area contributed by atoms with E-state index in [1.54, 1.807) is 0 Å². The summed E-state index contributed by atoms with van der Waals surface area (Å²) in [7, 11) is 0. The summed E-state index contributed by atoms with van der Waals surface area (Å²) in [5, 5.41) is 0. The standard InChI is InChI=1S/C32H48/c1-22(14-23-16-25(29(2,3)4)20-26(17-23)30(5,6)7)15-24-18-27(31(8,9)10)21-28(19-24)32(11,12)13/h16-21H,1,14-15H2,2-13H3. The average molecular weight is 433 g/mol. The summed E-state index contributed by atoms with van der Waals surface area (Å²) in [5.74, 6) is 0. The van der Waals surface area contributed by atoms with Gasteiger partial charge in [0.25, 0.3) is 0 Å². The molecule has 0 unspecified atom stereocenters. The van der Waals surface area contributed by atoms with Crippen LogP contribution >= 0.6 is 0 Å². The molecule has 0 nitrogen and oxygen atoms in total. The third-order valence-electron chi connectivity index (χ3n) is 6.36. The summed E-state index contributed by atoms with van der Waals surface area (Å²) in [4.78, 5) is 0. The third kappa shape index (κ3) is 7.09. The molecule has 0 bridgehead atoms. The number of hydrogen-bond donors (Lipinski definition) is 0. The van der Waals surface area contributed by atoms with Crippen molar-refractivity contribution in [2.24, 2.45) is 0 Å². The van der Waals surface area contributed by atoms with E-state index in [9.17, 15) is 0 Å². The van der Waals surface area contributed by atoms with Crippen LogP contribution in [0.3, 0.4) is 0 Å². The molecule has 2 aromatic carbocycles. The van der Waals surface area contributed by atoms with Crippen molar-refractivity contribution in [3.63, 3.8) is 0 Å². The average Bonchev–Trinajstić information content (AvgIpc) is 2.58. The quantitative estimate of drug-likeness (QED) is 0.422. The first-order chi connectivity index (χ1) is 14.3. The summed E-state index contributed by atoms with van der Waals surface area (Å²) in [5.41, 5.74) is 10.3. The van der Waals surface area contributed by atoms with Gasteiger partial charge in [-0.1, -0.05) is 132 Å². The SMILES string of the molecule is C=C(Cc1cc(C(C)(C)C)cc(C(C)(C)C)c1)Cc1cc(C(C)(C)C)cc(C(C)(C)C)c1. The van der Waals surface area contributed by atoms with Gasteiger partial charge in [0, 0.05) is 0 Å². The first-order valence-corrected chi connectivity index (χ1v) is 12.2. The van der Waals surface area contributed by atoms with Gasteiger partial charge in [-0.05, 0) is 67.9 Å². The summed E-state index contributed by atoms with van der Waals surface area (Å²) >= 11 is 0. The molecule has 0 saturated heterocycles. The molecule has 32 heavy (non-hydrogen) atoms. The zero-order valence-corrected chi connectivity index (χ0v) is 23.1. The van der Waals surface area contributed by atoms with E-state index in [0.717, 1.165) is 12.8 Å². The van der Waals surface area contributed by atoms with Gasteiger partial charge in [-0.25, -0.2) is 0 Å². The van der Waals surface area contributed by atoms with Gasteiger partial charge in [-0.3, -0.25) is 0 Å². The Morgan fingerprint density at radius 2 is 0.688 bits per heavy atom. The van der Waals surface area contributed by atoms with E-state index in [1.807, 2.05) is 0 Å². The smallest absolute Gasteiger partial charge is 0.00663 e. The highest BCUT2D eigenvalue weighted by molar-refractivity contribution is 5.41. The van der Waals surface area contributed by atoms with Crippen molar-refractivity contribution in [2.45, 2.75) is 118 Å². The fourth-order valence-corrected chi connectivity index (χ4v) is 3.96. The lowest BCUT2D eigenvalue weighted by molar-refractivity contribution is 0.567. The first-order valence-electron chi connectivity index (χ1n) is 12.2. The number of benzene rings is 2. The highest BCUT2D eigenvalue weighted by Crippen LogP contribution is 2.33. The summed E-state index contributed by atoms with van der Waals surface area (Å²) in [6.07, 6.45) is 1.86. The maximum atomic E-state index is 4.51. The van der Waals surface area contributed by atoms with E-state index < -0.39 is 0 Å². The summed E-state index contributed by atoms with van der Waals surface area (Å²) in [6, 6.07) is 14.4. The van der Waals surface area contributed by atoms with Crippen LogP contribution in [0, 0.1) is 0 Å². The van der Waals surface area contributed by atoms with Crippen LogP contribution in [0.5, 0.6) is 0 Å². The first kappa shape index (κ1) is 26.4. The van der Waals surface area contributed by atoms with Gasteiger partial charge in [-0.2, -0.15) is 0 Å². The van der Waals surface area contributed by atoms with Crippen molar-refractivity contribution < 1.29 is 0 Å². The van der Waals surface area contributed by atoms with Crippen LogP contribution in [0.1, 0.15) is 116 Å². The topological polar surface area (TPSA) is 0 Å². The molecule has 0 spiro atoms. The highest BCUT2D eigenvalue weighted by Gasteiger charge is 2.22. The lowest BCUT2D eigenvalue weighted by Crippen LogP contribution is -2.17. The van der Waals surface area contributed by atoms with Gasteiger partial charge in [0.1, 0.15) is 0 Å². The van der Waals surface area contributed by atoms with E-state index >= 15 is 0 Å². The number of rotatable bonds is 4. The van der Waals surface area contributed by atoms with Crippen molar-refractivity contribution in [1.29, 1.82) is 0 Å². The van der Waals surface area contributed by atoms with Crippen LogP contribution in [0.4, 0.5) is 0 Å². The van der Waals surface area contributed by atoms with Crippen LogP contribution in [-0.2, 0) is 34.5 Å². The van der Waals surface area contributed by atoms with Gasteiger partial charge in [0.15, 0.2) is 0 Å². The summed E-state index contributed by atoms with van der Waals surface area (Å²) in [6.45, 7) is 32.2. The van der Waals surface area contributed by atoms with Crippen LogP contribution in [0.25, 0.3) is 0 Å². The van der Waals surface area contributed by atoms with Crippen molar-refractivity contribution in [3.8, 4) is 0 Å². The van der Waals surface area contributed by atoms with E-state index in [4.69, 9.17) is 0 Å². The van der Waals surface area contributed by atoms with Gasteiger partial charge < -0.3 is 0 Å². The van der Waals surface area contributed by atoms with Crippen molar-refractivity contribution in [1.82, 2.24) is 0 Å². The van der Waals surface area contributed by atoms with Crippen LogP contribution in [0.2, 0.25) is 0 Å². The monoisotopic (exact) mass is 432 g/mol. The molecular weight excluding hydrogens is 384 g/mol. The molecule has 2 rings (SSSR count). The number of hydrogen-bond acceptors (Lipinski definition) is 0. The predicted octanol–water partition coefficient (Wildman–Crippen LogP) is 9.22. The third-order valence-corrected chi connectivity index (χ3v) is 6.36. The normalized spacial score (nSPS) is 13.4. The zero-order valence-electron chi connectivity index (χ0n) is 23.1. The second-order valence-electron chi connectivity index (χ2n) is 13.9. The second kappa shape index (κ2) is 8.85. The molecule has 0 heteroatoms. The molecule has 0 fully saturated rings. The van der Waals surface area contributed by atoms with Crippen LogP contribution in [-0.4, -0.2) is 0 Å². The Hall–Kier alpha value is -1.82. The maximum absolute atomic E-state index is 4.51. The lowest BCUT2D eigenvalue weighted by Gasteiger charge is -2.27. The van der Waals surface area contributed by atoms with Crippen molar-refractivity contribution in [3.05, 3.63) is 81.9 Å². The minimum absolute atomic E-state index is 0.139. The second-order valence-corrected chi connectivity index (χ2v) is 13.9. The molecule has 0 aliphatic heterocycles.